The minimum Gasteiger partial charge on any atom is -0.352 e. The molecule has 0 aliphatic carbocycles. The Balaban J connectivity index is 2.36. The van der Waals surface area contributed by atoms with E-state index in [4.69, 9.17) is 0 Å². The highest BCUT2D eigenvalue weighted by molar-refractivity contribution is 7.12. The maximum absolute atomic E-state index is 11.6. The van der Waals surface area contributed by atoms with Gasteiger partial charge >= 0.3 is 0 Å². The summed E-state index contributed by atoms with van der Waals surface area (Å²) in [5.74, 6) is 0.110. The summed E-state index contributed by atoms with van der Waals surface area (Å²) >= 11 is 1.76. The Labute approximate surface area is 82.0 Å². The fourth-order valence-electron chi connectivity index (χ4n) is 1.65. The van der Waals surface area contributed by atoms with Gasteiger partial charge in [-0.05, 0) is 32.3 Å². The number of carbonyl (C=O) groups excluding carboxylic acids is 1. The molecular formula is C10H13NOS. The minimum absolute atomic E-state index is 0.110. The third kappa shape index (κ3) is 1.75. The number of hydrogen-bond acceptors (Lipinski definition) is 2. The quantitative estimate of drug-likeness (QED) is 0.675. The van der Waals surface area contributed by atoms with E-state index in [-0.39, 0.29) is 5.91 Å². The van der Waals surface area contributed by atoms with Gasteiger partial charge in [-0.3, -0.25) is 4.79 Å². The average molecular weight is 195 g/mol. The van der Waals surface area contributed by atoms with Gasteiger partial charge in [0.05, 0.1) is 5.56 Å². The molecule has 1 aliphatic rings. The zero-order valence-corrected chi connectivity index (χ0v) is 8.54. The predicted octanol–water partition coefficient (Wildman–Crippen LogP) is 2.12. The van der Waals surface area contributed by atoms with E-state index in [9.17, 15) is 4.79 Å². The second-order valence-corrected chi connectivity index (χ2v) is 4.75. The summed E-state index contributed by atoms with van der Waals surface area (Å²) in [5, 5.41) is 2.92. The van der Waals surface area contributed by atoms with Gasteiger partial charge in [-0.1, -0.05) is 0 Å². The van der Waals surface area contributed by atoms with Crippen molar-refractivity contribution in [1.82, 2.24) is 5.32 Å². The van der Waals surface area contributed by atoms with Crippen LogP contribution in [0.15, 0.2) is 6.07 Å². The van der Waals surface area contributed by atoms with Crippen LogP contribution in [0.1, 0.15) is 33.0 Å². The third-order valence-electron chi connectivity index (χ3n) is 2.29. The Hall–Kier alpha value is -0.830. The van der Waals surface area contributed by atoms with Crippen LogP contribution in [-0.4, -0.2) is 12.5 Å². The van der Waals surface area contributed by atoms with Crippen molar-refractivity contribution >= 4 is 17.2 Å². The Morgan fingerprint density at radius 2 is 2.31 bits per heavy atom. The molecule has 1 aromatic rings. The van der Waals surface area contributed by atoms with Crippen molar-refractivity contribution in [3.63, 3.8) is 0 Å². The number of amides is 1. The number of fused-ring (bicyclic) bond motifs is 1. The summed E-state index contributed by atoms with van der Waals surface area (Å²) in [7, 11) is 0. The lowest BCUT2D eigenvalue weighted by molar-refractivity contribution is 0.0950. The van der Waals surface area contributed by atoms with Crippen molar-refractivity contribution in [1.29, 1.82) is 0 Å². The maximum atomic E-state index is 11.6. The fraction of sp³-hybridized carbons (Fsp3) is 0.500. The summed E-state index contributed by atoms with van der Waals surface area (Å²) in [5.41, 5.74) is 0.905. The SMILES string of the molecule is Cc1cc2c(s1)CCCCNC2=O. The van der Waals surface area contributed by atoms with Gasteiger partial charge in [0.1, 0.15) is 0 Å². The van der Waals surface area contributed by atoms with Crippen LogP contribution in [0.4, 0.5) is 0 Å². The summed E-state index contributed by atoms with van der Waals surface area (Å²) in [6.45, 7) is 2.88. The summed E-state index contributed by atoms with van der Waals surface area (Å²) in [6.07, 6.45) is 3.36. The molecule has 0 fully saturated rings. The van der Waals surface area contributed by atoms with Crippen molar-refractivity contribution in [2.24, 2.45) is 0 Å². The fourth-order valence-corrected chi connectivity index (χ4v) is 2.72. The van der Waals surface area contributed by atoms with E-state index in [1.165, 1.54) is 16.2 Å². The molecule has 3 heteroatoms. The van der Waals surface area contributed by atoms with E-state index >= 15 is 0 Å². The molecule has 70 valence electrons. The monoisotopic (exact) mass is 195 g/mol. The van der Waals surface area contributed by atoms with E-state index in [0.717, 1.165) is 24.9 Å². The van der Waals surface area contributed by atoms with Crippen LogP contribution in [0.3, 0.4) is 0 Å². The molecule has 1 aliphatic heterocycles. The first-order valence-electron chi connectivity index (χ1n) is 4.65. The van der Waals surface area contributed by atoms with E-state index in [2.05, 4.69) is 12.2 Å². The standard InChI is InChI=1S/C10H13NOS/c1-7-6-8-9(13-7)4-2-3-5-11-10(8)12/h6H,2-5H2,1H3,(H,11,12). The van der Waals surface area contributed by atoms with Crippen LogP contribution in [0.5, 0.6) is 0 Å². The Morgan fingerprint density at radius 3 is 3.15 bits per heavy atom. The van der Waals surface area contributed by atoms with Gasteiger partial charge in [0.15, 0.2) is 0 Å². The Bertz CT molecular complexity index is 330. The van der Waals surface area contributed by atoms with Crippen LogP contribution in [0.25, 0.3) is 0 Å². The lowest BCUT2D eigenvalue weighted by atomic mass is 10.1. The van der Waals surface area contributed by atoms with Crippen molar-refractivity contribution in [3.8, 4) is 0 Å². The van der Waals surface area contributed by atoms with Crippen molar-refractivity contribution < 1.29 is 4.79 Å². The first-order valence-corrected chi connectivity index (χ1v) is 5.46. The second-order valence-electron chi connectivity index (χ2n) is 3.41. The number of hydrogen-bond donors (Lipinski definition) is 1. The van der Waals surface area contributed by atoms with Gasteiger partial charge in [-0.25, -0.2) is 0 Å². The van der Waals surface area contributed by atoms with Gasteiger partial charge in [-0.2, -0.15) is 0 Å². The van der Waals surface area contributed by atoms with Gasteiger partial charge in [0, 0.05) is 16.3 Å². The van der Waals surface area contributed by atoms with Gasteiger partial charge in [0.2, 0.25) is 0 Å². The van der Waals surface area contributed by atoms with Crippen molar-refractivity contribution in [3.05, 3.63) is 21.4 Å². The molecule has 2 rings (SSSR count). The molecule has 13 heavy (non-hydrogen) atoms. The van der Waals surface area contributed by atoms with Crippen LogP contribution < -0.4 is 5.32 Å². The highest BCUT2D eigenvalue weighted by Gasteiger charge is 2.15. The second kappa shape index (κ2) is 3.50. The molecule has 0 unspecified atom stereocenters. The zero-order valence-electron chi connectivity index (χ0n) is 7.72. The molecule has 0 aromatic carbocycles. The molecule has 2 nitrogen and oxygen atoms in total. The third-order valence-corrected chi connectivity index (χ3v) is 3.40. The summed E-state index contributed by atoms with van der Waals surface area (Å²) in [4.78, 5) is 14.1. The molecule has 2 heterocycles. The summed E-state index contributed by atoms with van der Waals surface area (Å²) < 4.78 is 0. The van der Waals surface area contributed by atoms with Gasteiger partial charge in [-0.15, -0.1) is 11.3 Å². The van der Waals surface area contributed by atoms with Crippen molar-refractivity contribution in [2.75, 3.05) is 6.54 Å². The number of rotatable bonds is 0. The molecule has 0 saturated heterocycles. The molecule has 1 amide bonds. The lowest BCUT2D eigenvalue weighted by Gasteiger charge is -2.09. The number of aryl methyl sites for hydroxylation is 2. The number of thiophene rings is 1. The first-order chi connectivity index (χ1) is 6.27. The predicted molar refractivity (Wildman–Crippen MR) is 54.3 cm³/mol. The normalized spacial score (nSPS) is 17.2. The highest BCUT2D eigenvalue weighted by atomic mass is 32.1. The van der Waals surface area contributed by atoms with Crippen LogP contribution >= 0.6 is 11.3 Å². The topological polar surface area (TPSA) is 29.1 Å². The molecule has 0 bridgehead atoms. The lowest BCUT2D eigenvalue weighted by Crippen LogP contribution is -2.26. The zero-order chi connectivity index (χ0) is 9.26. The largest absolute Gasteiger partial charge is 0.352 e. The van der Waals surface area contributed by atoms with Gasteiger partial charge < -0.3 is 5.32 Å². The molecule has 0 saturated carbocycles. The van der Waals surface area contributed by atoms with Crippen LogP contribution in [0, 0.1) is 6.92 Å². The molecule has 0 radical (unpaired) electrons. The van der Waals surface area contributed by atoms with Gasteiger partial charge in [0.25, 0.3) is 5.91 Å². The molecule has 0 atom stereocenters. The van der Waals surface area contributed by atoms with Crippen molar-refractivity contribution in [2.45, 2.75) is 26.2 Å². The van der Waals surface area contributed by atoms with E-state index in [0.29, 0.717) is 0 Å². The van der Waals surface area contributed by atoms with E-state index in [1.807, 2.05) is 6.07 Å². The van der Waals surface area contributed by atoms with E-state index in [1.54, 1.807) is 11.3 Å². The first kappa shape index (κ1) is 8.75. The number of nitrogens with one attached hydrogen (secondary N) is 1. The Kier molecular flexibility index (Phi) is 2.36. The number of carbonyl (C=O) groups is 1. The summed E-state index contributed by atoms with van der Waals surface area (Å²) in [6, 6.07) is 2.00. The maximum Gasteiger partial charge on any atom is 0.252 e. The van der Waals surface area contributed by atoms with Crippen LogP contribution in [0.2, 0.25) is 0 Å². The van der Waals surface area contributed by atoms with Crippen LogP contribution in [-0.2, 0) is 6.42 Å². The Morgan fingerprint density at radius 1 is 1.46 bits per heavy atom. The smallest absolute Gasteiger partial charge is 0.252 e. The highest BCUT2D eigenvalue weighted by Crippen LogP contribution is 2.24. The molecule has 0 spiro atoms. The van der Waals surface area contributed by atoms with E-state index < -0.39 is 0 Å². The molecular weight excluding hydrogens is 182 g/mol. The molecule has 1 aromatic heterocycles. The molecule has 1 N–H and O–H groups in total. The average Bonchev–Trinajstić information content (AvgIpc) is 2.43. The minimum atomic E-state index is 0.110.